The highest BCUT2D eigenvalue weighted by Gasteiger charge is 2.53. The summed E-state index contributed by atoms with van der Waals surface area (Å²) in [5.41, 5.74) is 0.116. The molecule has 1 aliphatic heterocycles. The highest BCUT2D eigenvalue weighted by Crippen LogP contribution is 2.52. The lowest BCUT2D eigenvalue weighted by Gasteiger charge is -2.46. The third kappa shape index (κ3) is 0.959. The first kappa shape index (κ1) is 8.05. The molecule has 68 valence electrons. The molecule has 1 saturated heterocycles. The Kier molecular flexibility index (Phi) is 1.65. The molecule has 1 saturated carbocycles. The quantitative estimate of drug-likeness (QED) is 0.607. The van der Waals surface area contributed by atoms with Crippen LogP contribution >= 0.6 is 0 Å². The molecule has 1 unspecified atom stereocenters. The average molecular weight is 169 g/mol. The lowest BCUT2D eigenvalue weighted by molar-refractivity contribution is -0.148. The summed E-state index contributed by atoms with van der Waals surface area (Å²) in [7, 11) is 0. The van der Waals surface area contributed by atoms with Gasteiger partial charge in [0, 0.05) is 13.1 Å². The second kappa shape index (κ2) is 2.46. The minimum Gasteiger partial charge on any atom is -0.481 e. The Labute approximate surface area is 72.2 Å². The maximum atomic E-state index is 10.9. The van der Waals surface area contributed by atoms with E-state index in [0.717, 1.165) is 25.3 Å². The minimum atomic E-state index is -0.619. The Bertz CT molecular complexity index is 209. The maximum Gasteiger partial charge on any atom is 0.308 e. The van der Waals surface area contributed by atoms with Crippen molar-refractivity contribution < 1.29 is 9.90 Å². The molecule has 1 atom stereocenters. The van der Waals surface area contributed by atoms with E-state index in [0.29, 0.717) is 6.54 Å². The van der Waals surface area contributed by atoms with Crippen molar-refractivity contribution >= 4 is 5.97 Å². The summed E-state index contributed by atoms with van der Waals surface area (Å²) in [5.74, 6) is -0.0210. The highest BCUT2D eigenvalue weighted by atomic mass is 16.4. The summed E-state index contributed by atoms with van der Waals surface area (Å²) in [6, 6.07) is 0. The Hall–Kier alpha value is -0.570. The summed E-state index contributed by atoms with van der Waals surface area (Å²) in [6.45, 7) is 3.78. The van der Waals surface area contributed by atoms with E-state index < -0.39 is 5.97 Å². The zero-order valence-corrected chi connectivity index (χ0v) is 7.34. The molecule has 3 heteroatoms. The number of aliphatic carboxylic acids is 1. The first-order valence-electron chi connectivity index (χ1n) is 4.57. The lowest BCUT2D eigenvalue weighted by atomic mass is 9.58. The van der Waals surface area contributed by atoms with Crippen LogP contribution in [0.4, 0.5) is 0 Å². The Morgan fingerprint density at radius 3 is 2.75 bits per heavy atom. The first-order valence-corrected chi connectivity index (χ1v) is 4.57. The van der Waals surface area contributed by atoms with Gasteiger partial charge in [0.15, 0.2) is 0 Å². The second-order valence-corrected chi connectivity index (χ2v) is 4.40. The summed E-state index contributed by atoms with van der Waals surface area (Å²) in [5, 5.41) is 12.1. The SMILES string of the molecule is CC1CC2(CNCC2C(=O)O)C1. The Balaban J connectivity index is 2.10. The Morgan fingerprint density at radius 1 is 1.58 bits per heavy atom. The molecular formula is C9H15NO2. The highest BCUT2D eigenvalue weighted by molar-refractivity contribution is 5.72. The fourth-order valence-electron chi connectivity index (χ4n) is 2.91. The molecule has 0 radical (unpaired) electrons. The van der Waals surface area contributed by atoms with Gasteiger partial charge in [0.05, 0.1) is 5.92 Å². The molecule has 3 nitrogen and oxygen atoms in total. The first-order chi connectivity index (χ1) is 5.64. The van der Waals surface area contributed by atoms with Crippen LogP contribution in [0, 0.1) is 17.3 Å². The van der Waals surface area contributed by atoms with Gasteiger partial charge in [0.25, 0.3) is 0 Å². The van der Waals surface area contributed by atoms with Crippen LogP contribution in [-0.4, -0.2) is 24.2 Å². The van der Waals surface area contributed by atoms with E-state index in [1.54, 1.807) is 0 Å². The summed E-state index contributed by atoms with van der Waals surface area (Å²) in [6.07, 6.45) is 2.19. The molecule has 0 aromatic carbocycles. The molecule has 0 aromatic rings. The van der Waals surface area contributed by atoms with Crippen LogP contribution in [0.2, 0.25) is 0 Å². The van der Waals surface area contributed by atoms with Crippen molar-refractivity contribution in [2.45, 2.75) is 19.8 Å². The van der Waals surface area contributed by atoms with Gasteiger partial charge in [-0.2, -0.15) is 0 Å². The topological polar surface area (TPSA) is 49.3 Å². The van der Waals surface area contributed by atoms with Gasteiger partial charge in [-0.3, -0.25) is 4.79 Å². The average Bonchev–Trinajstić information content (AvgIpc) is 2.30. The van der Waals surface area contributed by atoms with Crippen LogP contribution < -0.4 is 5.32 Å². The van der Waals surface area contributed by atoms with Crippen LogP contribution in [0.15, 0.2) is 0 Å². The van der Waals surface area contributed by atoms with Crippen LogP contribution in [0.3, 0.4) is 0 Å². The normalized spacial score (nSPS) is 46.1. The molecule has 2 aliphatic rings. The zero-order chi connectivity index (χ0) is 8.77. The lowest BCUT2D eigenvalue weighted by Crippen LogP contribution is -2.45. The molecule has 1 heterocycles. The van der Waals surface area contributed by atoms with Gasteiger partial charge in [-0.25, -0.2) is 0 Å². The number of hydrogen-bond acceptors (Lipinski definition) is 2. The molecule has 12 heavy (non-hydrogen) atoms. The van der Waals surface area contributed by atoms with Crippen molar-refractivity contribution in [2.24, 2.45) is 17.3 Å². The molecule has 0 bridgehead atoms. The second-order valence-electron chi connectivity index (χ2n) is 4.40. The number of carboxylic acids is 1. The van der Waals surface area contributed by atoms with Crippen molar-refractivity contribution in [1.29, 1.82) is 0 Å². The fourth-order valence-corrected chi connectivity index (χ4v) is 2.91. The van der Waals surface area contributed by atoms with Crippen molar-refractivity contribution in [1.82, 2.24) is 5.32 Å². The minimum absolute atomic E-state index is 0.116. The molecular weight excluding hydrogens is 154 g/mol. The van der Waals surface area contributed by atoms with E-state index in [1.165, 1.54) is 0 Å². The third-order valence-corrected chi connectivity index (χ3v) is 3.37. The van der Waals surface area contributed by atoms with Gasteiger partial charge in [-0.15, -0.1) is 0 Å². The van der Waals surface area contributed by atoms with Crippen molar-refractivity contribution in [2.75, 3.05) is 13.1 Å². The largest absolute Gasteiger partial charge is 0.481 e. The number of rotatable bonds is 1. The molecule has 1 spiro atoms. The van der Waals surface area contributed by atoms with Crippen LogP contribution in [0.5, 0.6) is 0 Å². The van der Waals surface area contributed by atoms with Crippen LogP contribution in [0.25, 0.3) is 0 Å². The van der Waals surface area contributed by atoms with Gasteiger partial charge in [-0.1, -0.05) is 6.92 Å². The monoisotopic (exact) mass is 169 g/mol. The van der Waals surface area contributed by atoms with E-state index in [9.17, 15) is 4.79 Å². The number of hydrogen-bond donors (Lipinski definition) is 2. The van der Waals surface area contributed by atoms with Gasteiger partial charge >= 0.3 is 5.97 Å². The maximum absolute atomic E-state index is 10.9. The van der Waals surface area contributed by atoms with Gasteiger partial charge in [-0.05, 0) is 24.2 Å². The predicted molar refractivity (Wildman–Crippen MR) is 44.8 cm³/mol. The Morgan fingerprint density at radius 2 is 2.25 bits per heavy atom. The number of carboxylic acid groups (broad SMARTS) is 1. The molecule has 0 amide bonds. The standard InChI is InChI=1S/C9H15NO2/c1-6-2-9(3-6)5-10-4-7(9)8(11)12/h6-7,10H,2-5H2,1H3,(H,11,12). The summed E-state index contributed by atoms with van der Waals surface area (Å²) in [4.78, 5) is 10.9. The number of nitrogens with one attached hydrogen (secondary N) is 1. The predicted octanol–water partition coefficient (Wildman–Crippen LogP) is 0.707. The molecule has 0 aromatic heterocycles. The fraction of sp³-hybridized carbons (Fsp3) is 0.889. The number of carbonyl (C=O) groups is 1. The summed E-state index contributed by atoms with van der Waals surface area (Å²) < 4.78 is 0. The molecule has 2 rings (SSSR count). The van der Waals surface area contributed by atoms with E-state index >= 15 is 0 Å². The van der Waals surface area contributed by atoms with Crippen LogP contribution in [0.1, 0.15) is 19.8 Å². The van der Waals surface area contributed by atoms with Crippen LogP contribution in [-0.2, 0) is 4.79 Å². The van der Waals surface area contributed by atoms with Crippen molar-refractivity contribution in [3.8, 4) is 0 Å². The molecule has 2 fully saturated rings. The third-order valence-electron chi connectivity index (χ3n) is 3.37. The van der Waals surface area contributed by atoms with E-state index in [2.05, 4.69) is 12.2 Å². The van der Waals surface area contributed by atoms with Gasteiger partial charge in [0.2, 0.25) is 0 Å². The van der Waals surface area contributed by atoms with E-state index in [4.69, 9.17) is 5.11 Å². The van der Waals surface area contributed by atoms with Crippen molar-refractivity contribution in [3.05, 3.63) is 0 Å². The smallest absolute Gasteiger partial charge is 0.308 e. The molecule has 2 N–H and O–H groups in total. The van der Waals surface area contributed by atoms with Gasteiger partial charge in [0.1, 0.15) is 0 Å². The van der Waals surface area contributed by atoms with E-state index in [1.807, 2.05) is 0 Å². The van der Waals surface area contributed by atoms with Crippen molar-refractivity contribution in [3.63, 3.8) is 0 Å². The molecule has 1 aliphatic carbocycles. The van der Waals surface area contributed by atoms with E-state index in [-0.39, 0.29) is 11.3 Å². The summed E-state index contributed by atoms with van der Waals surface area (Å²) >= 11 is 0. The zero-order valence-electron chi connectivity index (χ0n) is 7.34. The van der Waals surface area contributed by atoms with Gasteiger partial charge < -0.3 is 10.4 Å².